The van der Waals surface area contributed by atoms with Crippen molar-refractivity contribution in [3.05, 3.63) is 29.8 Å². The maximum Gasteiger partial charge on any atom is 0.240 e. The Morgan fingerprint density at radius 1 is 1.41 bits per heavy atom. The van der Waals surface area contributed by atoms with Crippen LogP contribution >= 0.6 is 11.8 Å². The van der Waals surface area contributed by atoms with Gasteiger partial charge < -0.3 is 5.73 Å². The minimum absolute atomic E-state index is 0.282. The van der Waals surface area contributed by atoms with Gasteiger partial charge in [-0.25, -0.2) is 13.1 Å². The first kappa shape index (κ1) is 14.5. The lowest BCUT2D eigenvalue weighted by molar-refractivity contribution is 0.581. The molecular weight excluding hydrogens is 256 g/mol. The van der Waals surface area contributed by atoms with Gasteiger partial charge in [0.05, 0.1) is 4.90 Å². The Balaban J connectivity index is 2.68. The van der Waals surface area contributed by atoms with Crippen molar-refractivity contribution < 1.29 is 8.42 Å². The first-order chi connectivity index (χ1) is 8.10. The highest BCUT2D eigenvalue weighted by molar-refractivity contribution is 7.98. The predicted molar refractivity (Wildman–Crippen MR) is 72.5 cm³/mol. The summed E-state index contributed by atoms with van der Waals surface area (Å²) in [5.74, 6) is 0.950. The Hall–Kier alpha value is -0.560. The third-order valence-corrected chi connectivity index (χ3v) is 4.42. The SMILES string of the molecule is CSCCCNS(=O)(=O)c1cccc(CN)c1. The molecule has 0 aliphatic rings. The second-order valence-corrected chi connectivity index (χ2v) is 6.35. The van der Waals surface area contributed by atoms with E-state index in [9.17, 15) is 8.42 Å². The van der Waals surface area contributed by atoms with Gasteiger partial charge in [0, 0.05) is 13.1 Å². The molecular formula is C11H18N2O2S2. The fraction of sp³-hybridized carbons (Fsp3) is 0.455. The van der Waals surface area contributed by atoms with Crippen LogP contribution in [0.1, 0.15) is 12.0 Å². The molecule has 1 aromatic carbocycles. The molecule has 0 aromatic heterocycles. The lowest BCUT2D eigenvalue weighted by Crippen LogP contribution is -2.25. The average molecular weight is 274 g/mol. The topological polar surface area (TPSA) is 72.2 Å². The van der Waals surface area contributed by atoms with Crippen LogP contribution in [0.5, 0.6) is 0 Å². The molecule has 1 aromatic rings. The van der Waals surface area contributed by atoms with Crippen molar-refractivity contribution in [2.24, 2.45) is 5.73 Å². The third kappa shape index (κ3) is 4.67. The summed E-state index contributed by atoms with van der Waals surface area (Å²) in [6, 6.07) is 6.71. The van der Waals surface area contributed by atoms with E-state index in [0.29, 0.717) is 13.1 Å². The van der Waals surface area contributed by atoms with E-state index in [1.165, 1.54) is 0 Å². The fourth-order valence-corrected chi connectivity index (χ4v) is 2.92. The molecule has 0 atom stereocenters. The number of nitrogens with one attached hydrogen (secondary N) is 1. The summed E-state index contributed by atoms with van der Waals surface area (Å²) in [7, 11) is -3.39. The molecule has 0 unspecified atom stereocenters. The minimum atomic E-state index is -3.39. The van der Waals surface area contributed by atoms with E-state index in [1.807, 2.05) is 12.3 Å². The lowest BCUT2D eigenvalue weighted by atomic mass is 10.2. The zero-order valence-corrected chi connectivity index (χ0v) is 11.5. The Morgan fingerprint density at radius 2 is 2.18 bits per heavy atom. The highest BCUT2D eigenvalue weighted by Crippen LogP contribution is 2.11. The molecule has 0 radical (unpaired) electrons. The monoisotopic (exact) mass is 274 g/mol. The summed E-state index contributed by atoms with van der Waals surface area (Å²) >= 11 is 1.70. The van der Waals surface area contributed by atoms with Crippen LogP contribution in [-0.4, -0.2) is 27.0 Å². The number of thioether (sulfide) groups is 1. The van der Waals surface area contributed by atoms with Crippen molar-refractivity contribution in [1.29, 1.82) is 0 Å². The summed E-state index contributed by atoms with van der Waals surface area (Å²) in [5.41, 5.74) is 6.30. The van der Waals surface area contributed by atoms with Crippen LogP contribution in [0.4, 0.5) is 0 Å². The number of benzene rings is 1. The van der Waals surface area contributed by atoms with E-state index in [2.05, 4.69) is 4.72 Å². The van der Waals surface area contributed by atoms with Gasteiger partial charge in [0.15, 0.2) is 0 Å². The van der Waals surface area contributed by atoms with Gasteiger partial charge in [-0.3, -0.25) is 0 Å². The van der Waals surface area contributed by atoms with Crippen LogP contribution in [0, 0.1) is 0 Å². The number of rotatable bonds is 7. The minimum Gasteiger partial charge on any atom is -0.326 e. The van der Waals surface area contributed by atoms with Gasteiger partial charge in [0.25, 0.3) is 0 Å². The van der Waals surface area contributed by atoms with E-state index < -0.39 is 10.0 Å². The second kappa shape index (κ2) is 7.00. The van der Waals surface area contributed by atoms with Crippen LogP contribution in [0.3, 0.4) is 0 Å². The van der Waals surface area contributed by atoms with Crippen molar-refractivity contribution in [2.75, 3.05) is 18.6 Å². The predicted octanol–water partition coefficient (Wildman–Crippen LogP) is 1.18. The molecule has 4 nitrogen and oxygen atoms in total. The van der Waals surface area contributed by atoms with Crippen molar-refractivity contribution in [2.45, 2.75) is 17.9 Å². The molecule has 17 heavy (non-hydrogen) atoms. The molecule has 3 N–H and O–H groups in total. The molecule has 0 fully saturated rings. The molecule has 6 heteroatoms. The Labute approximate surface area is 107 Å². The Bertz CT molecular complexity index is 447. The highest BCUT2D eigenvalue weighted by atomic mass is 32.2. The molecule has 0 aliphatic carbocycles. The van der Waals surface area contributed by atoms with Crippen LogP contribution in [0.2, 0.25) is 0 Å². The molecule has 1 rings (SSSR count). The van der Waals surface area contributed by atoms with Crippen molar-refractivity contribution in [3.63, 3.8) is 0 Å². The summed E-state index contributed by atoms with van der Waals surface area (Å²) in [5, 5.41) is 0. The molecule has 0 spiro atoms. The summed E-state index contributed by atoms with van der Waals surface area (Å²) < 4.78 is 26.4. The van der Waals surface area contributed by atoms with Crippen LogP contribution in [0.25, 0.3) is 0 Å². The quantitative estimate of drug-likeness (QED) is 0.732. The first-order valence-corrected chi connectivity index (χ1v) is 8.25. The molecule has 0 amide bonds. The maximum absolute atomic E-state index is 11.9. The third-order valence-electron chi connectivity index (χ3n) is 2.26. The Morgan fingerprint density at radius 3 is 2.82 bits per heavy atom. The van der Waals surface area contributed by atoms with E-state index in [1.54, 1.807) is 30.0 Å². The van der Waals surface area contributed by atoms with Crippen LogP contribution in [-0.2, 0) is 16.6 Å². The number of nitrogens with two attached hydrogens (primary N) is 1. The van der Waals surface area contributed by atoms with Crippen LogP contribution in [0.15, 0.2) is 29.2 Å². The molecule has 96 valence electrons. The normalized spacial score (nSPS) is 11.6. The zero-order valence-electron chi connectivity index (χ0n) is 9.85. The van der Waals surface area contributed by atoms with E-state index in [4.69, 9.17) is 5.73 Å². The van der Waals surface area contributed by atoms with Gasteiger partial charge in [-0.15, -0.1) is 0 Å². The van der Waals surface area contributed by atoms with E-state index >= 15 is 0 Å². The number of sulfonamides is 1. The largest absolute Gasteiger partial charge is 0.326 e. The Kier molecular flexibility index (Phi) is 5.97. The zero-order chi connectivity index (χ0) is 12.7. The maximum atomic E-state index is 11.9. The summed E-state index contributed by atoms with van der Waals surface area (Å²) in [6.45, 7) is 0.811. The molecule has 0 aliphatic heterocycles. The van der Waals surface area contributed by atoms with Gasteiger partial charge in [0.1, 0.15) is 0 Å². The fourth-order valence-electron chi connectivity index (χ4n) is 1.35. The number of hydrogen-bond donors (Lipinski definition) is 2. The van der Waals surface area contributed by atoms with E-state index in [0.717, 1.165) is 17.7 Å². The molecule has 0 heterocycles. The van der Waals surface area contributed by atoms with Crippen molar-refractivity contribution in [1.82, 2.24) is 4.72 Å². The smallest absolute Gasteiger partial charge is 0.240 e. The van der Waals surface area contributed by atoms with Crippen molar-refractivity contribution >= 4 is 21.8 Å². The van der Waals surface area contributed by atoms with Gasteiger partial charge in [-0.05, 0) is 36.1 Å². The summed E-state index contributed by atoms with van der Waals surface area (Å²) in [4.78, 5) is 0.282. The van der Waals surface area contributed by atoms with E-state index in [-0.39, 0.29) is 4.90 Å². The first-order valence-electron chi connectivity index (χ1n) is 5.38. The average Bonchev–Trinajstić information content (AvgIpc) is 2.35. The summed E-state index contributed by atoms with van der Waals surface area (Å²) in [6.07, 6.45) is 2.83. The van der Waals surface area contributed by atoms with Crippen molar-refractivity contribution in [3.8, 4) is 0 Å². The van der Waals surface area contributed by atoms with Crippen LogP contribution < -0.4 is 10.5 Å². The van der Waals surface area contributed by atoms with Gasteiger partial charge in [0.2, 0.25) is 10.0 Å². The molecule has 0 saturated carbocycles. The second-order valence-electron chi connectivity index (χ2n) is 3.60. The molecule has 0 bridgehead atoms. The highest BCUT2D eigenvalue weighted by Gasteiger charge is 2.12. The van der Waals surface area contributed by atoms with Gasteiger partial charge >= 0.3 is 0 Å². The lowest BCUT2D eigenvalue weighted by Gasteiger charge is -2.07. The van der Waals surface area contributed by atoms with Gasteiger partial charge in [-0.1, -0.05) is 12.1 Å². The van der Waals surface area contributed by atoms with Gasteiger partial charge in [-0.2, -0.15) is 11.8 Å². The molecule has 0 saturated heterocycles. The standard InChI is InChI=1S/C11H18N2O2S2/c1-16-7-3-6-13-17(14,15)11-5-2-4-10(8-11)9-12/h2,4-5,8,13H,3,6-7,9,12H2,1H3. The number of hydrogen-bond acceptors (Lipinski definition) is 4.